The highest BCUT2D eigenvalue weighted by Gasteiger charge is 2.20. The predicted octanol–water partition coefficient (Wildman–Crippen LogP) is 5.47. The fraction of sp³-hybridized carbons (Fsp3) is 0.0667. The lowest BCUT2D eigenvalue weighted by atomic mass is 10.1. The molecule has 0 aliphatic carbocycles. The van der Waals surface area contributed by atoms with Crippen molar-refractivity contribution in [2.75, 3.05) is 0 Å². The third-order valence-corrected chi connectivity index (χ3v) is 4.19. The Bertz CT molecular complexity index is 780. The maximum atomic E-state index is 10.4. The molecule has 20 heavy (non-hydrogen) atoms. The molecule has 3 aromatic rings. The molecule has 2 aromatic carbocycles. The fourth-order valence-corrected chi connectivity index (χ4v) is 2.70. The summed E-state index contributed by atoms with van der Waals surface area (Å²) in [5.74, 6) is 0.372. The van der Waals surface area contributed by atoms with Gasteiger partial charge in [-0.15, -0.1) is 0 Å². The van der Waals surface area contributed by atoms with Gasteiger partial charge >= 0.3 is 0 Å². The van der Waals surface area contributed by atoms with E-state index in [2.05, 4.69) is 0 Å². The molecule has 1 N–H and O–H groups in total. The number of aliphatic hydroxyl groups excluding tert-OH is 1. The summed E-state index contributed by atoms with van der Waals surface area (Å²) in [6, 6.07) is 12.2. The van der Waals surface area contributed by atoms with Gasteiger partial charge in [0.15, 0.2) is 5.58 Å². The third-order valence-electron chi connectivity index (χ3n) is 3.06. The summed E-state index contributed by atoms with van der Waals surface area (Å²) in [5, 5.41) is 12.4. The Morgan fingerprint density at radius 3 is 2.40 bits per heavy atom. The number of para-hydroxylation sites is 1. The highest BCUT2D eigenvalue weighted by Crippen LogP contribution is 2.36. The molecule has 5 heteroatoms. The average molecular weight is 328 g/mol. The van der Waals surface area contributed by atoms with E-state index in [-0.39, 0.29) is 0 Å². The number of aliphatic hydroxyl groups is 1. The molecule has 0 saturated carbocycles. The molecule has 0 fully saturated rings. The number of furan rings is 1. The molecule has 2 nitrogen and oxygen atoms in total. The van der Waals surface area contributed by atoms with E-state index in [1.54, 1.807) is 30.3 Å². The standard InChI is InChI=1S/C15H9Cl3O2/c16-10-5-2-4-9(13(10)18)14(19)12-7-8-3-1-6-11(17)15(8)20-12/h1-7,14,19H. The van der Waals surface area contributed by atoms with Crippen LogP contribution in [-0.2, 0) is 0 Å². The van der Waals surface area contributed by atoms with Crippen molar-refractivity contribution in [1.29, 1.82) is 0 Å². The average Bonchev–Trinajstić information content (AvgIpc) is 2.87. The SMILES string of the molecule is OC(c1cc2cccc(Cl)c2o1)c1cccc(Cl)c1Cl. The molecule has 1 aromatic heterocycles. The maximum absolute atomic E-state index is 10.4. The van der Waals surface area contributed by atoms with Gasteiger partial charge in [0.2, 0.25) is 0 Å². The Kier molecular flexibility index (Phi) is 3.65. The van der Waals surface area contributed by atoms with E-state index in [0.29, 0.717) is 32.0 Å². The van der Waals surface area contributed by atoms with Crippen molar-refractivity contribution in [2.24, 2.45) is 0 Å². The van der Waals surface area contributed by atoms with Gasteiger partial charge in [-0.3, -0.25) is 0 Å². The molecule has 0 radical (unpaired) electrons. The van der Waals surface area contributed by atoms with Crippen LogP contribution in [0.3, 0.4) is 0 Å². The van der Waals surface area contributed by atoms with E-state index in [9.17, 15) is 5.11 Å². The quantitative estimate of drug-likeness (QED) is 0.676. The van der Waals surface area contributed by atoms with E-state index in [0.717, 1.165) is 5.39 Å². The van der Waals surface area contributed by atoms with Crippen LogP contribution in [0.25, 0.3) is 11.0 Å². The summed E-state index contributed by atoms with van der Waals surface area (Å²) in [5.41, 5.74) is 1.04. The summed E-state index contributed by atoms with van der Waals surface area (Å²) in [6.45, 7) is 0. The van der Waals surface area contributed by atoms with Crippen molar-refractivity contribution in [3.8, 4) is 0 Å². The molecule has 0 bridgehead atoms. The monoisotopic (exact) mass is 326 g/mol. The molecule has 0 amide bonds. The first kappa shape index (κ1) is 13.8. The van der Waals surface area contributed by atoms with Crippen molar-refractivity contribution in [3.63, 3.8) is 0 Å². The van der Waals surface area contributed by atoms with Crippen molar-refractivity contribution >= 4 is 45.8 Å². The van der Waals surface area contributed by atoms with Crippen LogP contribution >= 0.6 is 34.8 Å². The van der Waals surface area contributed by atoms with Crippen LogP contribution in [0.2, 0.25) is 15.1 Å². The molecule has 0 spiro atoms. The maximum Gasteiger partial charge on any atom is 0.153 e. The minimum absolute atomic E-state index is 0.313. The van der Waals surface area contributed by atoms with Gasteiger partial charge in [0.1, 0.15) is 11.9 Å². The normalized spacial score (nSPS) is 12.8. The lowest BCUT2D eigenvalue weighted by Crippen LogP contribution is -1.99. The summed E-state index contributed by atoms with van der Waals surface area (Å²) in [7, 11) is 0. The molecular weight excluding hydrogens is 319 g/mol. The second kappa shape index (κ2) is 5.30. The van der Waals surface area contributed by atoms with Gasteiger partial charge < -0.3 is 9.52 Å². The third kappa shape index (κ3) is 2.29. The first-order valence-electron chi connectivity index (χ1n) is 5.88. The number of halogens is 3. The highest BCUT2D eigenvalue weighted by atomic mass is 35.5. The Hall–Kier alpha value is -1.19. The second-order valence-electron chi connectivity index (χ2n) is 4.35. The van der Waals surface area contributed by atoms with Crippen molar-refractivity contribution in [2.45, 2.75) is 6.10 Å². The zero-order valence-corrected chi connectivity index (χ0v) is 12.4. The van der Waals surface area contributed by atoms with Crippen LogP contribution < -0.4 is 0 Å². The van der Waals surface area contributed by atoms with Gasteiger partial charge in [0, 0.05) is 10.9 Å². The van der Waals surface area contributed by atoms with Crippen molar-refractivity contribution in [3.05, 3.63) is 68.9 Å². The lowest BCUT2D eigenvalue weighted by Gasteiger charge is -2.10. The minimum atomic E-state index is -0.996. The minimum Gasteiger partial charge on any atom is -0.456 e. The largest absolute Gasteiger partial charge is 0.456 e. The Balaban J connectivity index is 2.10. The van der Waals surface area contributed by atoms with Crippen LogP contribution in [0, 0.1) is 0 Å². The van der Waals surface area contributed by atoms with Crippen LogP contribution in [0.5, 0.6) is 0 Å². The molecule has 102 valence electrons. The molecule has 3 rings (SSSR count). The van der Waals surface area contributed by atoms with E-state index in [1.165, 1.54) is 0 Å². The molecule has 1 atom stereocenters. The summed E-state index contributed by atoms with van der Waals surface area (Å²) in [4.78, 5) is 0. The molecule has 0 aliphatic heterocycles. The molecule has 1 heterocycles. The first-order valence-corrected chi connectivity index (χ1v) is 7.01. The van der Waals surface area contributed by atoms with Crippen molar-refractivity contribution < 1.29 is 9.52 Å². The zero-order valence-electron chi connectivity index (χ0n) is 10.1. The van der Waals surface area contributed by atoms with Gasteiger partial charge in [-0.25, -0.2) is 0 Å². The highest BCUT2D eigenvalue weighted by molar-refractivity contribution is 6.42. The van der Waals surface area contributed by atoms with Gasteiger partial charge in [0.25, 0.3) is 0 Å². The Morgan fingerprint density at radius 1 is 0.950 bits per heavy atom. The van der Waals surface area contributed by atoms with Crippen LogP contribution in [0.1, 0.15) is 17.4 Å². The molecule has 0 aliphatic rings. The Morgan fingerprint density at radius 2 is 1.65 bits per heavy atom. The summed E-state index contributed by atoms with van der Waals surface area (Å²) >= 11 is 18.1. The van der Waals surface area contributed by atoms with E-state index in [4.69, 9.17) is 39.2 Å². The zero-order chi connectivity index (χ0) is 14.3. The number of fused-ring (bicyclic) bond motifs is 1. The molecule has 1 unspecified atom stereocenters. The number of rotatable bonds is 2. The number of benzene rings is 2. The van der Waals surface area contributed by atoms with Crippen LogP contribution in [-0.4, -0.2) is 5.11 Å². The van der Waals surface area contributed by atoms with Crippen LogP contribution in [0.4, 0.5) is 0 Å². The Labute approximate surface area is 130 Å². The van der Waals surface area contributed by atoms with Gasteiger partial charge in [-0.2, -0.15) is 0 Å². The summed E-state index contributed by atoms with van der Waals surface area (Å²) in [6.07, 6.45) is -0.996. The summed E-state index contributed by atoms with van der Waals surface area (Å²) < 4.78 is 5.63. The van der Waals surface area contributed by atoms with E-state index < -0.39 is 6.10 Å². The molecule has 0 saturated heterocycles. The second-order valence-corrected chi connectivity index (χ2v) is 5.54. The molecular formula is C15H9Cl3O2. The fourth-order valence-electron chi connectivity index (χ4n) is 2.07. The van der Waals surface area contributed by atoms with E-state index >= 15 is 0 Å². The van der Waals surface area contributed by atoms with Gasteiger partial charge in [-0.1, -0.05) is 59.1 Å². The first-order chi connectivity index (χ1) is 9.58. The van der Waals surface area contributed by atoms with Gasteiger partial charge in [0.05, 0.1) is 15.1 Å². The number of hydrogen-bond donors (Lipinski definition) is 1. The lowest BCUT2D eigenvalue weighted by molar-refractivity contribution is 0.192. The smallest absolute Gasteiger partial charge is 0.153 e. The van der Waals surface area contributed by atoms with E-state index in [1.807, 2.05) is 12.1 Å². The van der Waals surface area contributed by atoms with Crippen LogP contribution in [0.15, 0.2) is 46.9 Å². The van der Waals surface area contributed by atoms with Crippen molar-refractivity contribution in [1.82, 2.24) is 0 Å². The van der Waals surface area contributed by atoms with Gasteiger partial charge in [-0.05, 0) is 18.2 Å². The predicted molar refractivity (Wildman–Crippen MR) is 81.7 cm³/mol. The number of hydrogen-bond acceptors (Lipinski definition) is 2. The topological polar surface area (TPSA) is 33.4 Å².